The second-order valence-electron chi connectivity index (χ2n) is 5.62. The quantitative estimate of drug-likeness (QED) is 0.794. The third kappa shape index (κ3) is 4.49. The summed E-state index contributed by atoms with van der Waals surface area (Å²) in [6.07, 6.45) is 4.45. The van der Waals surface area contributed by atoms with Crippen molar-refractivity contribution in [3.8, 4) is 5.88 Å². The maximum Gasteiger partial charge on any atom is 0.221 e. The zero-order valence-corrected chi connectivity index (χ0v) is 12.1. The number of hydrogen-bond donors (Lipinski definition) is 2. The second kappa shape index (κ2) is 6.70. The number of ether oxygens (including phenoxy) is 1. The summed E-state index contributed by atoms with van der Waals surface area (Å²) in [4.78, 5) is 16.0. The summed E-state index contributed by atoms with van der Waals surface area (Å²) in [5, 5.41) is 2.89. The highest BCUT2D eigenvalue weighted by Crippen LogP contribution is 2.32. The van der Waals surface area contributed by atoms with Crippen molar-refractivity contribution in [3.05, 3.63) is 23.9 Å². The van der Waals surface area contributed by atoms with Gasteiger partial charge in [0.1, 0.15) is 0 Å². The van der Waals surface area contributed by atoms with Crippen LogP contribution in [0.2, 0.25) is 0 Å². The van der Waals surface area contributed by atoms with Crippen LogP contribution in [0.1, 0.15) is 38.7 Å². The Morgan fingerprint density at radius 2 is 2.30 bits per heavy atom. The van der Waals surface area contributed by atoms with E-state index in [1.807, 2.05) is 26.0 Å². The number of carbonyl (C=O) groups excluding carboxylic acids is 1. The highest BCUT2D eigenvalue weighted by molar-refractivity contribution is 5.76. The molecular formula is C15H23N3O2. The molecule has 1 aliphatic rings. The molecule has 1 heterocycles. The lowest BCUT2D eigenvalue weighted by molar-refractivity contribution is -0.121. The molecule has 0 spiro atoms. The van der Waals surface area contributed by atoms with Gasteiger partial charge in [0, 0.05) is 30.8 Å². The molecule has 2 rings (SSSR count). The molecule has 1 aromatic heterocycles. The molecule has 1 fully saturated rings. The standard InChI is InChI=1S/C15H23N3O2/c1-10(2)20-15-12(4-3-7-17-15)9-18-14(19)8-13(16)11-5-6-11/h3-4,7,10-11,13H,5-6,8-9,16H2,1-2H3,(H,18,19). The van der Waals surface area contributed by atoms with Crippen molar-refractivity contribution < 1.29 is 9.53 Å². The molecule has 20 heavy (non-hydrogen) atoms. The van der Waals surface area contributed by atoms with Crippen molar-refractivity contribution in [2.45, 2.75) is 51.8 Å². The van der Waals surface area contributed by atoms with Crippen LogP contribution in [0.25, 0.3) is 0 Å². The van der Waals surface area contributed by atoms with Gasteiger partial charge in [0.05, 0.1) is 6.10 Å². The summed E-state index contributed by atoms with van der Waals surface area (Å²) in [6.45, 7) is 4.32. The molecule has 0 radical (unpaired) electrons. The lowest BCUT2D eigenvalue weighted by Crippen LogP contribution is -2.32. The third-order valence-electron chi connectivity index (χ3n) is 3.32. The minimum atomic E-state index is -0.0104. The van der Waals surface area contributed by atoms with Gasteiger partial charge in [0.15, 0.2) is 0 Å². The Kier molecular flexibility index (Phi) is 4.95. The molecule has 0 bridgehead atoms. The van der Waals surface area contributed by atoms with E-state index in [-0.39, 0.29) is 18.1 Å². The second-order valence-corrected chi connectivity index (χ2v) is 5.62. The van der Waals surface area contributed by atoms with E-state index in [1.165, 1.54) is 0 Å². The van der Waals surface area contributed by atoms with E-state index in [9.17, 15) is 4.79 Å². The molecule has 1 saturated carbocycles. The molecule has 1 atom stereocenters. The predicted octanol–water partition coefficient (Wildman–Crippen LogP) is 1.61. The molecule has 0 saturated heterocycles. The fourth-order valence-electron chi connectivity index (χ4n) is 2.06. The highest BCUT2D eigenvalue weighted by atomic mass is 16.5. The van der Waals surface area contributed by atoms with Crippen LogP contribution in [0, 0.1) is 5.92 Å². The van der Waals surface area contributed by atoms with Gasteiger partial charge in [-0.1, -0.05) is 6.07 Å². The molecule has 1 aliphatic carbocycles. The van der Waals surface area contributed by atoms with Crippen molar-refractivity contribution >= 4 is 5.91 Å². The Balaban J connectivity index is 1.84. The normalized spacial score (nSPS) is 16.0. The zero-order valence-electron chi connectivity index (χ0n) is 12.1. The molecule has 5 heteroatoms. The van der Waals surface area contributed by atoms with Crippen LogP contribution >= 0.6 is 0 Å². The maximum atomic E-state index is 11.8. The molecule has 110 valence electrons. The molecule has 3 N–H and O–H groups in total. The summed E-state index contributed by atoms with van der Waals surface area (Å²) < 4.78 is 5.62. The number of nitrogens with zero attached hydrogens (tertiary/aromatic N) is 1. The number of hydrogen-bond acceptors (Lipinski definition) is 4. The minimum Gasteiger partial charge on any atom is -0.475 e. The van der Waals surface area contributed by atoms with E-state index in [1.54, 1.807) is 6.20 Å². The average molecular weight is 277 g/mol. The smallest absolute Gasteiger partial charge is 0.221 e. The monoisotopic (exact) mass is 277 g/mol. The van der Waals surface area contributed by atoms with Gasteiger partial charge in [-0.15, -0.1) is 0 Å². The SMILES string of the molecule is CC(C)Oc1ncccc1CNC(=O)CC(N)C1CC1. The Morgan fingerprint density at radius 1 is 1.55 bits per heavy atom. The van der Waals surface area contributed by atoms with Crippen molar-refractivity contribution in [2.75, 3.05) is 0 Å². The summed E-state index contributed by atoms with van der Waals surface area (Å²) in [7, 11) is 0. The van der Waals surface area contributed by atoms with Crippen molar-refractivity contribution in [3.63, 3.8) is 0 Å². The molecular weight excluding hydrogens is 254 g/mol. The lowest BCUT2D eigenvalue weighted by Gasteiger charge is -2.14. The number of carbonyl (C=O) groups is 1. The predicted molar refractivity (Wildman–Crippen MR) is 77.2 cm³/mol. The first-order valence-electron chi connectivity index (χ1n) is 7.19. The third-order valence-corrected chi connectivity index (χ3v) is 3.32. The number of nitrogens with two attached hydrogens (primary N) is 1. The van der Waals surface area contributed by atoms with Gasteiger partial charge in [-0.05, 0) is 38.7 Å². The lowest BCUT2D eigenvalue weighted by atomic mass is 10.1. The number of aromatic nitrogens is 1. The molecule has 1 amide bonds. The van der Waals surface area contributed by atoms with Gasteiger partial charge in [0.25, 0.3) is 0 Å². The van der Waals surface area contributed by atoms with E-state index >= 15 is 0 Å². The molecule has 0 aromatic carbocycles. The Labute approximate surface area is 119 Å². The molecule has 1 unspecified atom stereocenters. The van der Waals surface area contributed by atoms with Crippen LogP contribution in [-0.2, 0) is 11.3 Å². The summed E-state index contributed by atoms with van der Waals surface area (Å²) in [5.74, 6) is 1.11. The Hall–Kier alpha value is -1.62. The van der Waals surface area contributed by atoms with E-state index in [0.717, 1.165) is 18.4 Å². The van der Waals surface area contributed by atoms with Gasteiger partial charge in [-0.3, -0.25) is 4.79 Å². The number of amides is 1. The number of rotatable bonds is 7. The molecule has 0 aliphatic heterocycles. The first-order valence-corrected chi connectivity index (χ1v) is 7.19. The first kappa shape index (κ1) is 14.8. The van der Waals surface area contributed by atoms with E-state index in [4.69, 9.17) is 10.5 Å². The van der Waals surface area contributed by atoms with Crippen LogP contribution in [-0.4, -0.2) is 23.0 Å². The maximum absolute atomic E-state index is 11.8. The van der Waals surface area contributed by atoms with Crippen molar-refractivity contribution in [2.24, 2.45) is 11.7 Å². The van der Waals surface area contributed by atoms with Crippen LogP contribution in [0.15, 0.2) is 18.3 Å². The first-order chi connectivity index (χ1) is 9.56. The van der Waals surface area contributed by atoms with Crippen LogP contribution in [0.3, 0.4) is 0 Å². The largest absolute Gasteiger partial charge is 0.475 e. The number of pyridine rings is 1. The van der Waals surface area contributed by atoms with Gasteiger partial charge in [0.2, 0.25) is 11.8 Å². The van der Waals surface area contributed by atoms with Gasteiger partial charge >= 0.3 is 0 Å². The van der Waals surface area contributed by atoms with Gasteiger partial charge < -0.3 is 15.8 Å². The minimum absolute atomic E-state index is 0.00437. The van der Waals surface area contributed by atoms with Crippen LogP contribution in [0.5, 0.6) is 5.88 Å². The van der Waals surface area contributed by atoms with Gasteiger partial charge in [-0.25, -0.2) is 4.98 Å². The molecule has 5 nitrogen and oxygen atoms in total. The molecule has 1 aromatic rings. The fourth-order valence-corrected chi connectivity index (χ4v) is 2.06. The summed E-state index contributed by atoms with van der Waals surface area (Å²) in [5.41, 5.74) is 6.83. The summed E-state index contributed by atoms with van der Waals surface area (Å²) in [6, 6.07) is 3.74. The van der Waals surface area contributed by atoms with Crippen LogP contribution < -0.4 is 15.8 Å². The average Bonchev–Trinajstić information content (AvgIpc) is 3.21. The fraction of sp³-hybridized carbons (Fsp3) is 0.600. The van der Waals surface area contributed by atoms with Crippen molar-refractivity contribution in [1.29, 1.82) is 0 Å². The van der Waals surface area contributed by atoms with Crippen molar-refractivity contribution in [1.82, 2.24) is 10.3 Å². The van der Waals surface area contributed by atoms with E-state index in [0.29, 0.717) is 24.8 Å². The Bertz CT molecular complexity index is 458. The highest BCUT2D eigenvalue weighted by Gasteiger charge is 2.29. The summed E-state index contributed by atoms with van der Waals surface area (Å²) >= 11 is 0. The zero-order chi connectivity index (χ0) is 14.5. The topological polar surface area (TPSA) is 77.2 Å². The Morgan fingerprint density at radius 3 is 2.95 bits per heavy atom. The van der Waals surface area contributed by atoms with Crippen LogP contribution in [0.4, 0.5) is 0 Å². The van der Waals surface area contributed by atoms with E-state index < -0.39 is 0 Å². The number of nitrogens with one attached hydrogen (secondary N) is 1. The van der Waals surface area contributed by atoms with E-state index in [2.05, 4.69) is 10.3 Å². The van der Waals surface area contributed by atoms with Gasteiger partial charge in [-0.2, -0.15) is 0 Å².